The Balaban J connectivity index is 1.47. The van der Waals surface area contributed by atoms with E-state index in [9.17, 15) is 4.79 Å². The monoisotopic (exact) mass is 414 g/mol. The number of nitrogens with zero attached hydrogens (tertiary/aromatic N) is 4. The number of carbonyl (C=O) groups excluding carboxylic acids is 1. The van der Waals surface area contributed by atoms with Crippen molar-refractivity contribution in [2.24, 2.45) is 7.05 Å². The maximum absolute atomic E-state index is 13.1. The third kappa shape index (κ3) is 2.66. The Morgan fingerprint density at radius 3 is 2.65 bits per heavy atom. The van der Waals surface area contributed by atoms with Gasteiger partial charge in [0, 0.05) is 69.9 Å². The Kier molecular flexibility index (Phi) is 3.84. The number of hydrogen-bond acceptors (Lipinski definition) is 5. The van der Waals surface area contributed by atoms with Crippen LogP contribution >= 0.6 is 0 Å². The van der Waals surface area contributed by atoms with Gasteiger partial charge >= 0.3 is 0 Å². The van der Waals surface area contributed by atoms with Crippen molar-refractivity contribution >= 4 is 11.7 Å². The quantitative estimate of drug-likeness (QED) is 0.670. The second-order valence-corrected chi connectivity index (χ2v) is 9.25. The van der Waals surface area contributed by atoms with Crippen LogP contribution in [0.4, 0.5) is 5.82 Å². The van der Waals surface area contributed by atoms with Gasteiger partial charge in [-0.1, -0.05) is 0 Å². The molecular formula is C24H26N6O. The van der Waals surface area contributed by atoms with Gasteiger partial charge in [0.15, 0.2) is 0 Å². The molecule has 31 heavy (non-hydrogen) atoms. The smallest absolute Gasteiger partial charge is 0.253 e. The molecule has 1 spiro atoms. The Labute approximate surface area is 181 Å². The standard InChI is InChI=1S/C24H26N6O/c1-29(2)20-7-5-15(11-27-20)18-8-17-14(10-26-18)4-6-16-21-19(30(3)22(16)17)9-24(12-25-13-24)28-23(21)31/h5,7-8,10-11,25H,4,6,9,12-13H2,1-3H3,(H,28,31). The summed E-state index contributed by atoms with van der Waals surface area (Å²) in [5, 5.41) is 6.60. The van der Waals surface area contributed by atoms with Gasteiger partial charge < -0.3 is 20.1 Å². The zero-order valence-electron chi connectivity index (χ0n) is 18.1. The maximum Gasteiger partial charge on any atom is 0.253 e. The number of carbonyl (C=O) groups is 1. The van der Waals surface area contributed by atoms with Crippen LogP contribution in [0.1, 0.15) is 27.2 Å². The number of fused-ring (bicyclic) bond motifs is 5. The van der Waals surface area contributed by atoms with Gasteiger partial charge in [-0.25, -0.2) is 4.98 Å². The fraction of sp³-hybridized carbons (Fsp3) is 0.375. The molecule has 0 aromatic carbocycles. The molecule has 0 bridgehead atoms. The largest absolute Gasteiger partial charge is 0.363 e. The van der Waals surface area contributed by atoms with Crippen molar-refractivity contribution in [1.29, 1.82) is 0 Å². The molecule has 1 saturated heterocycles. The van der Waals surface area contributed by atoms with Crippen LogP contribution in [-0.2, 0) is 26.3 Å². The average Bonchev–Trinajstić information content (AvgIpc) is 3.05. The van der Waals surface area contributed by atoms with Crippen molar-refractivity contribution < 1.29 is 4.79 Å². The van der Waals surface area contributed by atoms with Crippen molar-refractivity contribution in [3.05, 3.63) is 53.0 Å². The molecule has 1 fully saturated rings. The summed E-state index contributed by atoms with van der Waals surface area (Å²) in [7, 11) is 6.08. The van der Waals surface area contributed by atoms with Crippen molar-refractivity contribution in [2.75, 3.05) is 32.1 Å². The summed E-state index contributed by atoms with van der Waals surface area (Å²) in [6, 6.07) is 6.25. The highest BCUT2D eigenvalue weighted by atomic mass is 16.2. The van der Waals surface area contributed by atoms with E-state index >= 15 is 0 Å². The lowest BCUT2D eigenvalue weighted by atomic mass is 9.81. The van der Waals surface area contributed by atoms with Crippen LogP contribution in [0.25, 0.3) is 22.5 Å². The van der Waals surface area contributed by atoms with Crippen LogP contribution in [0.15, 0.2) is 30.6 Å². The molecular weight excluding hydrogens is 388 g/mol. The molecule has 1 amide bonds. The molecule has 158 valence electrons. The Bertz CT molecular complexity index is 1220. The summed E-state index contributed by atoms with van der Waals surface area (Å²) < 4.78 is 2.26. The Morgan fingerprint density at radius 1 is 1.13 bits per heavy atom. The highest BCUT2D eigenvalue weighted by Crippen LogP contribution is 2.42. The topological polar surface area (TPSA) is 75.1 Å². The molecule has 0 atom stereocenters. The summed E-state index contributed by atoms with van der Waals surface area (Å²) in [5.41, 5.74) is 8.64. The lowest BCUT2D eigenvalue weighted by Crippen LogP contribution is -2.71. The zero-order valence-corrected chi connectivity index (χ0v) is 18.1. The third-order valence-electron chi connectivity index (χ3n) is 7.04. The molecule has 3 aliphatic rings. The molecule has 3 aromatic heterocycles. The van der Waals surface area contributed by atoms with E-state index in [2.05, 4.69) is 39.4 Å². The molecule has 2 aliphatic heterocycles. The summed E-state index contributed by atoms with van der Waals surface area (Å²) in [4.78, 5) is 24.4. The second kappa shape index (κ2) is 6.40. The second-order valence-electron chi connectivity index (χ2n) is 9.25. The molecule has 7 nitrogen and oxygen atoms in total. The van der Waals surface area contributed by atoms with Gasteiger partial charge in [0.25, 0.3) is 5.91 Å². The van der Waals surface area contributed by atoms with Crippen LogP contribution < -0.4 is 15.5 Å². The van der Waals surface area contributed by atoms with Gasteiger partial charge in [0.2, 0.25) is 0 Å². The first-order valence-corrected chi connectivity index (χ1v) is 10.8. The van der Waals surface area contributed by atoms with E-state index in [-0.39, 0.29) is 11.4 Å². The van der Waals surface area contributed by atoms with E-state index in [0.717, 1.165) is 55.0 Å². The fourth-order valence-corrected chi connectivity index (χ4v) is 5.29. The number of hydrogen-bond donors (Lipinski definition) is 2. The highest BCUT2D eigenvalue weighted by Gasteiger charge is 2.46. The van der Waals surface area contributed by atoms with E-state index in [0.29, 0.717) is 0 Å². The molecule has 0 saturated carbocycles. The summed E-state index contributed by atoms with van der Waals surface area (Å²) in [6.07, 6.45) is 6.55. The summed E-state index contributed by atoms with van der Waals surface area (Å²) in [5.74, 6) is 1.00. The average molecular weight is 415 g/mol. The summed E-state index contributed by atoms with van der Waals surface area (Å²) in [6.45, 7) is 1.68. The predicted molar refractivity (Wildman–Crippen MR) is 120 cm³/mol. The first-order valence-electron chi connectivity index (χ1n) is 10.8. The Hall–Kier alpha value is -3.19. The van der Waals surface area contributed by atoms with Gasteiger partial charge in [-0.3, -0.25) is 9.78 Å². The molecule has 5 heterocycles. The zero-order chi connectivity index (χ0) is 21.3. The van der Waals surface area contributed by atoms with Gasteiger partial charge in [0.05, 0.1) is 22.5 Å². The molecule has 2 N–H and O–H groups in total. The lowest BCUT2D eigenvalue weighted by Gasteiger charge is -2.45. The van der Waals surface area contributed by atoms with E-state index in [1.54, 1.807) is 0 Å². The first kappa shape index (κ1) is 18.6. The third-order valence-corrected chi connectivity index (χ3v) is 7.04. The SMILES string of the molecule is CN(C)c1ccc(-c2cc3c(cn2)CCc2c4c(n(C)c2-3)CC2(CNC2)NC4=O)cn1. The van der Waals surface area contributed by atoms with Crippen molar-refractivity contribution in [1.82, 2.24) is 25.2 Å². The number of aromatic nitrogens is 3. The highest BCUT2D eigenvalue weighted by molar-refractivity contribution is 6.01. The van der Waals surface area contributed by atoms with Crippen LogP contribution in [0.5, 0.6) is 0 Å². The number of nitrogens with one attached hydrogen (secondary N) is 2. The van der Waals surface area contributed by atoms with Gasteiger partial charge in [-0.15, -0.1) is 0 Å². The van der Waals surface area contributed by atoms with Crippen molar-refractivity contribution in [2.45, 2.75) is 24.8 Å². The number of aryl methyl sites for hydroxylation is 1. The molecule has 6 rings (SSSR count). The number of anilines is 1. The van der Waals surface area contributed by atoms with Gasteiger partial charge in [-0.05, 0) is 42.2 Å². The van der Waals surface area contributed by atoms with Gasteiger partial charge in [-0.2, -0.15) is 0 Å². The lowest BCUT2D eigenvalue weighted by molar-refractivity contribution is 0.0824. The molecule has 1 aliphatic carbocycles. The van der Waals surface area contributed by atoms with Crippen molar-refractivity contribution in [3.8, 4) is 22.5 Å². The van der Waals surface area contributed by atoms with E-state index in [1.165, 1.54) is 28.1 Å². The minimum atomic E-state index is -0.120. The summed E-state index contributed by atoms with van der Waals surface area (Å²) >= 11 is 0. The maximum atomic E-state index is 13.1. The fourth-order valence-electron chi connectivity index (χ4n) is 5.29. The van der Waals surface area contributed by atoms with E-state index in [4.69, 9.17) is 4.98 Å². The number of amides is 1. The Morgan fingerprint density at radius 2 is 1.97 bits per heavy atom. The minimum absolute atomic E-state index is 0.0841. The minimum Gasteiger partial charge on any atom is -0.363 e. The molecule has 3 aromatic rings. The molecule has 0 radical (unpaired) electrons. The normalized spacial score (nSPS) is 18.0. The number of pyridine rings is 2. The van der Waals surface area contributed by atoms with E-state index in [1.807, 2.05) is 37.5 Å². The van der Waals surface area contributed by atoms with Crippen LogP contribution in [0.3, 0.4) is 0 Å². The molecule has 7 heteroatoms. The first-order chi connectivity index (χ1) is 15.0. The van der Waals surface area contributed by atoms with E-state index < -0.39 is 0 Å². The van der Waals surface area contributed by atoms with Crippen LogP contribution in [-0.4, -0.2) is 53.2 Å². The van der Waals surface area contributed by atoms with Crippen LogP contribution in [0, 0.1) is 0 Å². The predicted octanol–water partition coefficient (Wildman–Crippen LogP) is 1.94. The van der Waals surface area contributed by atoms with Crippen LogP contribution in [0.2, 0.25) is 0 Å². The molecule has 0 unspecified atom stereocenters. The number of rotatable bonds is 2. The van der Waals surface area contributed by atoms with Crippen molar-refractivity contribution in [3.63, 3.8) is 0 Å². The van der Waals surface area contributed by atoms with Gasteiger partial charge in [0.1, 0.15) is 5.82 Å².